The van der Waals surface area contributed by atoms with Crippen LogP contribution in [0.15, 0.2) is 30.3 Å². The fraction of sp³-hybridized carbons (Fsp3) is 0.538. The van der Waals surface area contributed by atoms with Crippen molar-refractivity contribution in [3.63, 3.8) is 0 Å². The number of hydrogen-bond acceptors (Lipinski definition) is 2. The van der Waals surface area contributed by atoms with E-state index in [9.17, 15) is 5.11 Å². The minimum Gasteiger partial charge on any atom is -0.391 e. The summed E-state index contributed by atoms with van der Waals surface area (Å²) in [5.74, 6) is 0. The molecule has 0 aliphatic heterocycles. The first-order chi connectivity index (χ1) is 7.29. The Kier molecular flexibility index (Phi) is 3.08. The standard InChI is InChI=1S/C13H19NO/c1-14-13(10-6-5-9-12(13)15)11-7-3-2-4-8-11/h2-4,7-8,12,14-15H,5-6,9-10H2,1H3/t12-,13+/m0/s1. The average Bonchev–Trinajstić information content (AvgIpc) is 2.31. The monoisotopic (exact) mass is 205 g/mol. The normalized spacial score (nSPS) is 31.5. The number of likely N-dealkylation sites (N-methyl/N-ethyl adjacent to an activating group) is 1. The van der Waals surface area contributed by atoms with Gasteiger partial charge in [0, 0.05) is 0 Å². The van der Waals surface area contributed by atoms with Gasteiger partial charge in [0.2, 0.25) is 0 Å². The second-order valence-corrected chi connectivity index (χ2v) is 4.35. The Hall–Kier alpha value is -0.860. The molecule has 1 aromatic rings. The van der Waals surface area contributed by atoms with Crippen molar-refractivity contribution in [3.8, 4) is 0 Å². The van der Waals surface area contributed by atoms with Crippen LogP contribution in [0.4, 0.5) is 0 Å². The van der Waals surface area contributed by atoms with Crippen molar-refractivity contribution in [2.75, 3.05) is 7.05 Å². The van der Waals surface area contributed by atoms with Gasteiger partial charge in [-0.3, -0.25) is 0 Å². The van der Waals surface area contributed by atoms with Crippen molar-refractivity contribution in [1.82, 2.24) is 5.32 Å². The minimum absolute atomic E-state index is 0.223. The number of aliphatic hydroxyl groups excluding tert-OH is 1. The van der Waals surface area contributed by atoms with Crippen molar-refractivity contribution in [2.45, 2.75) is 37.3 Å². The lowest BCUT2D eigenvalue weighted by atomic mass is 9.74. The summed E-state index contributed by atoms with van der Waals surface area (Å²) in [4.78, 5) is 0. The van der Waals surface area contributed by atoms with E-state index < -0.39 is 0 Å². The first-order valence-corrected chi connectivity index (χ1v) is 5.72. The largest absolute Gasteiger partial charge is 0.391 e. The highest BCUT2D eigenvalue weighted by Crippen LogP contribution is 2.36. The molecular formula is C13H19NO. The zero-order valence-corrected chi connectivity index (χ0v) is 9.24. The Morgan fingerprint density at radius 2 is 2.00 bits per heavy atom. The third kappa shape index (κ3) is 1.80. The number of benzene rings is 1. The van der Waals surface area contributed by atoms with E-state index in [0.29, 0.717) is 0 Å². The molecule has 2 N–H and O–H groups in total. The van der Waals surface area contributed by atoms with Crippen LogP contribution in [0.5, 0.6) is 0 Å². The third-order valence-corrected chi connectivity index (χ3v) is 3.60. The van der Waals surface area contributed by atoms with Gasteiger partial charge < -0.3 is 10.4 Å². The maximum atomic E-state index is 10.2. The Morgan fingerprint density at radius 3 is 2.60 bits per heavy atom. The van der Waals surface area contributed by atoms with Crippen molar-refractivity contribution in [3.05, 3.63) is 35.9 Å². The van der Waals surface area contributed by atoms with Gasteiger partial charge >= 0.3 is 0 Å². The highest BCUT2D eigenvalue weighted by Gasteiger charge is 2.39. The molecule has 2 heteroatoms. The highest BCUT2D eigenvalue weighted by atomic mass is 16.3. The Labute approximate surface area is 91.3 Å². The van der Waals surface area contributed by atoms with Crippen LogP contribution in [0.1, 0.15) is 31.2 Å². The summed E-state index contributed by atoms with van der Waals surface area (Å²) in [6, 6.07) is 10.3. The lowest BCUT2D eigenvalue weighted by molar-refractivity contribution is 0.0252. The molecule has 0 aromatic heterocycles. The first-order valence-electron chi connectivity index (χ1n) is 5.72. The second-order valence-electron chi connectivity index (χ2n) is 4.35. The number of nitrogens with one attached hydrogen (secondary N) is 1. The molecule has 0 heterocycles. The van der Waals surface area contributed by atoms with E-state index in [1.54, 1.807) is 0 Å². The number of hydrogen-bond donors (Lipinski definition) is 2. The van der Waals surface area contributed by atoms with Gasteiger partial charge in [-0.1, -0.05) is 43.2 Å². The zero-order chi connectivity index (χ0) is 10.7. The van der Waals surface area contributed by atoms with Crippen LogP contribution in [0.3, 0.4) is 0 Å². The zero-order valence-electron chi connectivity index (χ0n) is 9.24. The Bertz CT molecular complexity index is 312. The fourth-order valence-corrected chi connectivity index (χ4v) is 2.66. The summed E-state index contributed by atoms with van der Waals surface area (Å²) >= 11 is 0. The van der Waals surface area contributed by atoms with Crippen molar-refractivity contribution in [2.24, 2.45) is 0 Å². The maximum Gasteiger partial charge on any atom is 0.0763 e. The van der Waals surface area contributed by atoms with Crippen LogP contribution in [-0.4, -0.2) is 18.3 Å². The van der Waals surface area contributed by atoms with E-state index in [2.05, 4.69) is 17.4 Å². The molecule has 1 aromatic carbocycles. The van der Waals surface area contributed by atoms with Crippen molar-refractivity contribution < 1.29 is 5.11 Å². The Morgan fingerprint density at radius 1 is 1.27 bits per heavy atom. The highest BCUT2D eigenvalue weighted by molar-refractivity contribution is 5.26. The molecule has 1 aliphatic rings. The molecule has 1 fully saturated rings. The van der Waals surface area contributed by atoms with E-state index >= 15 is 0 Å². The third-order valence-electron chi connectivity index (χ3n) is 3.60. The quantitative estimate of drug-likeness (QED) is 0.774. The predicted molar refractivity (Wildman–Crippen MR) is 61.7 cm³/mol. The van der Waals surface area contributed by atoms with Gasteiger partial charge in [-0.2, -0.15) is 0 Å². The molecular weight excluding hydrogens is 186 g/mol. The summed E-state index contributed by atoms with van der Waals surface area (Å²) in [5.41, 5.74) is 0.985. The van der Waals surface area contributed by atoms with Gasteiger partial charge in [-0.05, 0) is 25.5 Å². The average molecular weight is 205 g/mol. The van der Waals surface area contributed by atoms with Crippen molar-refractivity contribution >= 4 is 0 Å². The second kappa shape index (κ2) is 4.33. The van der Waals surface area contributed by atoms with E-state index in [-0.39, 0.29) is 11.6 Å². The summed E-state index contributed by atoms with van der Waals surface area (Å²) in [5, 5.41) is 13.5. The molecule has 82 valence electrons. The van der Waals surface area contributed by atoms with Gasteiger partial charge in [0.25, 0.3) is 0 Å². The van der Waals surface area contributed by atoms with E-state index in [1.807, 2.05) is 25.2 Å². The van der Waals surface area contributed by atoms with Gasteiger partial charge in [0.1, 0.15) is 0 Å². The molecule has 1 saturated carbocycles. The molecule has 0 bridgehead atoms. The van der Waals surface area contributed by atoms with Crippen LogP contribution in [-0.2, 0) is 5.54 Å². The van der Waals surface area contributed by atoms with Gasteiger partial charge in [0.15, 0.2) is 0 Å². The molecule has 0 radical (unpaired) electrons. The predicted octanol–water partition coefficient (Wildman–Crippen LogP) is 2.04. The topological polar surface area (TPSA) is 32.3 Å². The molecule has 0 spiro atoms. The fourth-order valence-electron chi connectivity index (χ4n) is 2.66. The molecule has 2 nitrogen and oxygen atoms in total. The summed E-state index contributed by atoms with van der Waals surface area (Å²) in [6.07, 6.45) is 3.98. The summed E-state index contributed by atoms with van der Waals surface area (Å²) in [6.45, 7) is 0. The van der Waals surface area contributed by atoms with Gasteiger partial charge in [0.05, 0.1) is 11.6 Å². The lowest BCUT2D eigenvalue weighted by Gasteiger charge is -2.42. The van der Waals surface area contributed by atoms with Crippen LogP contribution in [0.25, 0.3) is 0 Å². The van der Waals surface area contributed by atoms with E-state index in [4.69, 9.17) is 0 Å². The van der Waals surface area contributed by atoms with E-state index in [1.165, 1.54) is 12.0 Å². The van der Waals surface area contributed by atoms with Crippen LogP contribution in [0.2, 0.25) is 0 Å². The van der Waals surface area contributed by atoms with Gasteiger partial charge in [-0.15, -0.1) is 0 Å². The van der Waals surface area contributed by atoms with Crippen LogP contribution < -0.4 is 5.32 Å². The van der Waals surface area contributed by atoms with Crippen LogP contribution >= 0.6 is 0 Å². The number of aliphatic hydroxyl groups is 1. The molecule has 1 aliphatic carbocycles. The minimum atomic E-state index is -0.265. The van der Waals surface area contributed by atoms with Crippen LogP contribution in [0, 0.1) is 0 Å². The Balaban J connectivity index is 2.35. The summed E-state index contributed by atoms with van der Waals surface area (Å²) in [7, 11) is 1.95. The van der Waals surface area contributed by atoms with Crippen molar-refractivity contribution in [1.29, 1.82) is 0 Å². The smallest absolute Gasteiger partial charge is 0.0763 e. The molecule has 0 unspecified atom stereocenters. The van der Waals surface area contributed by atoms with E-state index in [0.717, 1.165) is 19.3 Å². The summed E-state index contributed by atoms with van der Waals surface area (Å²) < 4.78 is 0. The molecule has 0 amide bonds. The molecule has 0 saturated heterocycles. The number of rotatable bonds is 2. The first kappa shape index (κ1) is 10.7. The lowest BCUT2D eigenvalue weighted by Crippen LogP contribution is -2.51. The molecule has 2 atom stereocenters. The SMILES string of the molecule is CN[C@@]1(c2ccccc2)CCCC[C@@H]1O. The van der Waals surface area contributed by atoms with Gasteiger partial charge in [-0.25, -0.2) is 0 Å². The molecule has 2 rings (SSSR count). The maximum absolute atomic E-state index is 10.2. The molecule has 15 heavy (non-hydrogen) atoms.